The molecule has 0 aliphatic carbocycles. The molecule has 1 amide bonds. The van der Waals surface area contributed by atoms with E-state index in [4.69, 9.17) is 13.9 Å². The van der Waals surface area contributed by atoms with Crippen molar-refractivity contribution < 1.29 is 23.5 Å². The van der Waals surface area contributed by atoms with Crippen LogP contribution >= 0.6 is 0 Å². The number of esters is 1. The number of anilines is 1. The molecule has 1 aromatic heterocycles. The summed E-state index contributed by atoms with van der Waals surface area (Å²) in [5, 5.41) is 8.02. The molecule has 0 N–H and O–H groups in total. The highest BCUT2D eigenvalue weighted by molar-refractivity contribution is 5.95. The van der Waals surface area contributed by atoms with E-state index in [0.717, 1.165) is 29.8 Å². The second kappa shape index (κ2) is 8.99. The minimum atomic E-state index is -0.713. The van der Waals surface area contributed by atoms with Gasteiger partial charge in [0.1, 0.15) is 5.75 Å². The molecule has 0 spiro atoms. The van der Waals surface area contributed by atoms with Gasteiger partial charge < -0.3 is 18.8 Å². The van der Waals surface area contributed by atoms with Crippen LogP contribution in [-0.4, -0.2) is 35.7 Å². The molecular formula is C23H23N3O5. The smallest absolute Gasteiger partial charge is 0.338 e. The van der Waals surface area contributed by atoms with Crippen molar-refractivity contribution >= 4 is 17.6 Å². The lowest BCUT2D eigenvalue weighted by molar-refractivity contribution is -0.119. The highest BCUT2D eigenvalue weighted by Gasteiger charge is 2.22. The van der Waals surface area contributed by atoms with Gasteiger partial charge in [-0.25, -0.2) is 4.79 Å². The molecule has 1 aliphatic rings. The van der Waals surface area contributed by atoms with Gasteiger partial charge in [0.15, 0.2) is 6.10 Å². The number of aromatic nitrogens is 2. The third kappa shape index (κ3) is 4.58. The van der Waals surface area contributed by atoms with Gasteiger partial charge in [-0.2, -0.15) is 0 Å². The number of carbonyl (C=O) groups excluding carboxylic acids is 2. The summed E-state index contributed by atoms with van der Waals surface area (Å²) in [4.78, 5) is 26.3. The molecule has 0 bridgehead atoms. The lowest BCUT2D eigenvalue weighted by Gasteiger charge is -2.26. The molecule has 31 heavy (non-hydrogen) atoms. The van der Waals surface area contributed by atoms with Crippen molar-refractivity contribution in [3.63, 3.8) is 0 Å². The zero-order valence-corrected chi connectivity index (χ0v) is 17.4. The summed E-state index contributed by atoms with van der Waals surface area (Å²) in [6.45, 7) is 2.37. The minimum absolute atomic E-state index is 0.110. The highest BCUT2D eigenvalue weighted by atomic mass is 16.6. The zero-order chi connectivity index (χ0) is 21.8. The molecule has 2 heterocycles. The van der Waals surface area contributed by atoms with E-state index in [2.05, 4.69) is 10.2 Å². The molecule has 8 nitrogen and oxygen atoms in total. The lowest BCUT2D eigenvalue weighted by Crippen LogP contribution is -2.35. The van der Waals surface area contributed by atoms with Gasteiger partial charge in [0.2, 0.25) is 11.8 Å². The maximum Gasteiger partial charge on any atom is 0.338 e. The van der Waals surface area contributed by atoms with Crippen molar-refractivity contribution in [2.75, 3.05) is 18.6 Å². The molecule has 2 aromatic carbocycles. The first-order valence-electron chi connectivity index (χ1n) is 10.1. The standard InChI is InChI=1S/C23H23N3O5/c1-15(21-24-25-22(31-21)16-8-12-19(29-2)13-9-16)30-23(28)17-6-10-18(11-7-17)26-14-4-3-5-20(26)27/h6-13,15H,3-5,14H2,1-2H3. The van der Waals surface area contributed by atoms with Gasteiger partial charge >= 0.3 is 5.97 Å². The number of amides is 1. The fourth-order valence-corrected chi connectivity index (χ4v) is 3.38. The van der Waals surface area contributed by atoms with E-state index in [-0.39, 0.29) is 11.8 Å². The average Bonchev–Trinajstić information content (AvgIpc) is 3.30. The molecule has 4 rings (SSSR count). The first-order valence-corrected chi connectivity index (χ1v) is 10.1. The summed E-state index contributed by atoms with van der Waals surface area (Å²) in [6, 6.07) is 14.0. The number of carbonyl (C=O) groups is 2. The van der Waals surface area contributed by atoms with E-state index >= 15 is 0 Å². The van der Waals surface area contributed by atoms with Crippen LogP contribution in [-0.2, 0) is 9.53 Å². The predicted octanol–water partition coefficient (Wildman–Crippen LogP) is 4.18. The van der Waals surface area contributed by atoms with E-state index in [1.54, 1.807) is 67.5 Å². The fraction of sp³-hybridized carbons (Fsp3) is 0.304. The van der Waals surface area contributed by atoms with Crippen molar-refractivity contribution in [1.82, 2.24) is 10.2 Å². The van der Waals surface area contributed by atoms with Crippen LogP contribution in [0.3, 0.4) is 0 Å². The molecule has 1 fully saturated rings. The van der Waals surface area contributed by atoms with Crippen LogP contribution in [0.4, 0.5) is 5.69 Å². The fourth-order valence-electron chi connectivity index (χ4n) is 3.38. The number of ether oxygens (including phenoxy) is 2. The van der Waals surface area contributed by atoms with Gasteiger partial charge in [0.05, 0.1) is 12.7 Å². The second-order valence-corrected chi connectivity index (χ2v) is 7.27. The van der Waals surface area contributed by atoms with Gasteiger partial charge in [0.25, 0.3) is 5.89 Å². The third-order valence-electron chi connectivity index (χ3n) is 5.15. The number of benzene rings is 2. The van der Waals surface area contributed by atoms with Gasteiger partial charge in [0, 0.05) is 24.2 Å². The molecule has 0 radical (unpaired) electrons. The molecule has 8 heteroatoms. The molecule has 0 saturated carbocycles. The Morgan fingerprint density at radius 2 is 1.81 bits per heavy atom. The first kappa shape index (κ1) is 20.6. The van der Waals surface area contributed by atoms with Crippen molar-refractivity contribution in [2.45, 2.75) is 32.3 Å². The van der Waals surface area contributed by atoms with Crippen molar-refractivity contribution in [3.8, 4) is 17.2 Å². The largest absolute Gasteiger partial charge is 0.497 e. The number of rotatable bonds is 6. The summed E-state index contributed by atoms with van der Waals surface area (Å²) in [5.74, 6) is 0.861. The summed E-state index contributed by atoms with van der Waals surface area (Å²) >= 11 is 0. The molecular weight excluding hydrogens is 398 g/mol. The van der Waals surface area contributed by atoms with Gasteiger partial charge in [-0.3, -0.25) is 4.79 Å². The molecule has 3 aromatic rings. The topological polar surface area (TPSA) is 94.8 Å². The average molecular weight is 421 g/mol. The van der Waals surface area contributed by atoms with Crippen LogP contribution in [0.25, 0.3) is 11.5 Å². The Kier molecular flexibility index (Phi) is 5.97. The second-order valence-electron chi connectivity index (χ2n) is 7.27. The molecule has 160 valence electrons. The predicted molar refractivity (Wildman–Crippen MR) is 113 cm³/mol. The maximum absolute atomic E-state index is 12.5. The van der Waals surface area contributed by atoms with Gasteiger partial charge in [-0.15, -0.1) is 10.2 Å². The summed E-state index contributed by atoms with van der Waals surface area (Å²) in [7, 11) is 1.59. The Hall–Kier alpha value is -3.68. The van der Waals surface area contributed by atoms with E-state index in [0.29, 0.717) is 24.4 Å². The van der Waals surface area contributed by atoms with Crippen LogP contribution in [0.5, 0.6) is 5.75 Å². The quantitative estimate of drug-likeness (QED) is 0.551. The van der Waals surface area contributed by atoms with Crippen LogP contribution in [0, 0.1) is 0 Å². The Bertz CT molecular complexity index is 1060. The normalized spacial score (nSPS) is 14.9. The number of hydrogen-bond acceptors (Lipinski definition) is 7. The van der Waals surface area contributed by atoms with E-state index < -0.39 is 12.1 Å². The van der Waals surface area contributed by atoms with Gasteiger partial charge in [-0.1, -0.05) is 0 Å². The SMILES string of the molecule is COc1ccc(-c2nnc(C(C)OC(=O)c3ccc(N4CCCCC4=O)cc3)o2)cc1. The van der Waals surface area contributed by atoms with E-state index in [1.807, 2.05) is 0 Å². The van der Waals surface area contributed by atoms with Crippen LogP contribution in [0.2, 0.25) is 0 Å². The number of nitrogens with zero attached hydrogens (tertiary/aromatic N) is 3. The van der Waals surface area contributed by atoms with E-state index in [1.165, 1.54) is 0 Å². The summed E-state index contributed by atoms with van der Waals surface area (Å²) in [5.41, 5.74) is 1.91. The Morgan fingerprint density at radius 3 is 2.48 bits per heavy atom. The van der Waals surface area contributed by atoms with E-state index in [9.17, 15) is 9.59 Å². The Morgan fingerprint density at radius 1 is 1.06 bits per heavy atom. The minimum Gasteiger partial charge on any atom is -0.497 e. The molecule has 1 atom stereocenters. The maximum atomic E-state index is 12.5. The monoisotopic (exact) mass is 421 g/mol. The van der Waals surface area contributed by atoms with Crippen LogP contribution in [0.15, 0.2) is 52.9 Å². The molecule has 1 unspecified atom stereocenters. The number of hydrogen-bond donors (Lipinski definition) is 0. The van der Waals surface area contributed by atoms with Crippen molar-refractivity contribution in [3.05, 3.63) is 60.0 Å². The first-order chi connectivity index (χ1) is 15.0. The number of methoxy groups -OCH3 is 1. The molecule has 1 aliphatic heterocycles. The Balaban J connectivity index is 1.40. The van der Waals surface area contributed by atoms with Gasteiger partial charge in [-0.05, 0) is 68.3 Å². The van der Waals surface area contributed by atoms with Crippen molar-refractivity contribution in [2.24, 2.45) is 0 Å². The third-order valence-corrected chi connectivity index (χ3v) is 5.15. The Labute approximate surface area is 179 Å². The number of piperidine rings is 1. The zero-order valence-electron chi connectivity index (χ0n) is 17.4. The lowest BCUT2D eigenvalue weighted by atomic mass is 10.1. The molecule has 1 saturated heterocycles. The highest BCUT2D eigenvalue weighted by Crippen LogP contribution is 2.26. The summed E-state index contributed by atoms with van der Waals surface area (Å²) < 4.78 is 16.3. The van der Waals surface area contributed by atoms with Crippen molar-refractivity contribution in [1.29, 1.82) is 0 Å². The van der Waals surface area contributed by atoms with Crippen LogP contribution in [0.1, 0.15) is 48.5 Å². The van der Waals surface area contributed by atoms with Crippen LogP contribution < -0.4 is 9.64 Å². The summed E-state index contributed by atoms with van der Waals surface area (Å²) in [6.07, 6.45) is 1.75.